The van der Waals surface area contributed by atoms with Crippen molar-refractivity contribution in [1.29, 1.82) is 26.3 Å². The van der Waals surface area contributed by atoms with Crippen molar-refractivity contribution in [3.05, 3.63) is 238 Å². The number of amides is 1. The van der Waals surface area contributed by atoms with E-state index in [0.29, 0.717) is 56.1 Å². The number of hydrogen-bond acceptors (Lipinski definition) is 26. The van der Waals surface area contributed by atoms with Gasteiger partial charge in [0, 0.05) is 93.2 Å². The van der Waals surface area contributed by atoms with Crippen molar-refractivity contribution >= 4 is 142 Å². The van der Waals surface area contributed by atoms with Crippen LogP contribution in [0, 0.1) is 92.8 Å². The molecule has 0 aliphatic rings. The van der Waals surface area contributed by atoms with E-state index in [9.17, 15) is 57.1 Å². The predicted molar refractivity (Wildman–Crippen MR) is 398 cm³/mol. The number of nitriles is 5. The molecular weight excluding hydrogens is 1960 g/mol. The molecule has 0 aliphatic heterocycles. The van der Waals surface area contributed by atoms with Gasteiger partial charge < -0.3 is 98.3 Å². The first-order valence-corrected chi connectivity index (χ1v) is 29.6. The van der Waals surface area contributed by atoms with Gasteiger partial charge in [-0.2, -0.15) is 45.9 Å². The zero-order chi connectivity index (χ0) is 70.3. The molecule has 1 amide bonds. The summed E-state index contributed by atoms with van der Waals surface area (Å²) in [6, 6.07) is 47.3. The number of non-ortho nitro benzene ring substituents is 3. The van der Waals surface area contributed by atoms with Crippen LogP contribution in [0.1, 0.15) is 96.5 Å². The molecule has 26 nitrogen and oxygen atoms in total. The summed E-state index contributed by atoms with van der Waals surface area (Å²) >= 11 is 24.3. The van der Waals surface area contributed by atoms with Gasteiger partial charge in [-0.3, -0.25) is 38.8 Å². The second-order valence-electron chi connectivity index (χ2n) is 16.8. The van der Waals surface area contributed by atoms with E-state index in [-0.39, 0.29) is 462 Å². The molecule has 0 fully saturated rings. The van der Waals surface area contributed by atoms with Gasteiger partial charge in [-0.1, -0.05) is 112 Å². The molecule has 0 aromatic heterocycles. The average molecular weight is 2040 g/mol. The number of rotatable bonds is 10. The van der Waals surface area contributed by atoms with Crippen LogP contribution in [0.3, 0.4) is 0 Å². The second kappa shape index (κ2) is 77.8. The number of nitrogens with zero attached hydrogens (tertiary/aromatic N) is 8. The quantitative estimate of drug-likeness (QED) is 0.0191. The number of carbonyl (C=O) groups excluding carboxylic acids is 1. The van der Waals surface area contributed by atoms with E-state index in [0.717, 1.165) is 58.0 Å². The maximum Gasteiger partial charge on any atom is 1.00 e. The van der Waals surface area contributed by atoms with Gasteiger partial charge in [-0.05, 0) is 100 Å². The normalized spacial score (nSPS) is 8.73. The summed E-state index contributed by atoms with van der Waals surface area (Å²) in [5, 5.41) is 75.8. The summed E-state index contributed by atoms with van der Waals surface area (Å²) in [5.41, 5.74) is 31.8. The number of anilines is 4. The summed E-state index contributed by atoms with van der Waals surface area (Å²) < 4.78 is 59.8. The van der Waals surface area contributed by atoms with E-state index in [1.807, 2.05) is 42.5 Å². The van der Waals surface area contributed by atoms with Gasteiger partial charge in [0.05, 0.1) is 48.9 Å². The number of alkyl carbamates (subject to hydrolysis) is 1. The van der Waals surface area contributed by atoms with Crippen LogP contribution in [0.25, 0.3) is 0 Å². The number of nitrogens with two attached hydrogens (primary N) is 5. The summed E-state index contributed by atoms with van der Waals surface area (Å²) in [6.45, 7) is 1.01. The Morgan fingerprint density at radius 1 is 0.472 bits per heavy atom. The maximum absolute atomic E-state index is 12.6. The van der Waals surface area contributed by atoms with Crippen LogP contribution in [0.5, 0.6) is 0 Å². The molecule has 0 spiro atoms. The largest absolute Gasteiger partial charge is 1.00 e. The Morgan fingerprint density at radius 3 is 1.15 bits per heavy atom. The van der Waals surface area contributed by atoms with Crippen molar-refractivity contribution in [1.82, 2.24) is 5.32 Å². The third-order valence-electron chi connectivity index (χ3n) is 10.5. The third kappa shape index (κ3) is 55.7. The van der Waals surface area contributed by atoms with Crippen molar-refractivity contribution in [2.75, 3.05) is 28.3 Å². The Hall–Kier alpha value is 0.281. The zero-order valence-corrected chi connectivity index (χ0v) is 89.2. The number of ether oxygens (including phenoxy) is 1. The van der Waals surface area contributed by atoms with E-state index >= 15 is 0 Å². The minimum Gasteiger partial charge on any atom is -0.779 e. The van der Waals surface area contributed by atoms with E-state index in [2.05, 4.69) is 5.32 Å². The maximum atomic E-state index is 12.6. The molecule has 8 aromatic carbocycles. The molecule has 41 heteroatoms. The number of benzene rings is 8. The smallest absolute Gasteiger partial charge is 0.779 e. The van der Waals surface area contributed by atoms with Crippen LogP contribution in [-0.2, 0) is 97.1 Å². The van der Waals surface area contributed by atoms with Gasteiger partial charge in [0.25, 0.3) is 17.1 Å². The first-order chi connectivity index (χ1) is 44.0. The number of carbonyl (C=O) groups is 1. The number of alkyl halides is 2. The molecule has 2 unspecified atom stereocenters. The molecule has 0 bridgehead atoms. The first-order valence-electron chi connectivity index (χ1n) is 24.8. The molecule has 106 heavy (non-hydrogen) atoms. The Bertz CT molecular complexity index is 4140. The van der Waals surface area contributed by atoms with E-state index in [1.54, 1.807) is 66.7 Å². The van der Waals surface area contributed by atoms with Crippen molar-refractivity contribution in [3.8, 4) is 30.3 Å². The fourth-order valence-corrected chi connectivity index (χ4v) is 7.83. The molecule has 0 aliphatic carbocycles. The summed E-state index contributed by atoms with van der Waals surface area (Å²) in [5.74, 6) is -0.747. The van der Waals surface area contributed by atoms with Crippen LogP contribution in [0.2, 0.25) is 0 Å². The SMILES string of the molecule is C.C.C.C.C.C.C.ClCCl.N#Cc1cc(N)ccc1S(=O)[O-].N#Cc1cc(N)ccc1[S-].N#Cc1cc([N+](=O)[O-])ccc1F.N#Cc1cc([N+](=O)[O-])ccc1S(=O)[O-].N#Cc1cc([N+](=O)[O-])ccc1[S-].NCc1cc(N)ccc1[S-].Nc1ccc([S-])c(CNC(=O)OCc2ccccc2)c1.[Rb+].[Rb+].[Rb+].[Rb+].[Rb+].[Rb+]. The molecule has 538 valence electrons. The van der Waals surface area contributed by atoms with E-state index in [4.69, 9.17) is 133 Å². The molecule has 8 rings (SSSR count). The molecule has 11 N–H and O–H groups in total. The van der Waals surface area contributed by atoms with Crippen molar-refractivity contribution in [3.63, 3.8) is 0 Å². The topological polar surface area (TPSA) is 497 Å². The third-order valence-corrected chi connectivity index (χ3v) is 13.4. The standard InChI is InChI=1S/C15H16N2O2S.C7H3FN2O2.C7H4N2O4S.C7H6N2O2S.C7H4N2O2S.C7H10N2S.C7H6N2S.CH2Cl2.7CH4.6Rb/c16-13-6-7-14(20)12(8-13)9-17-15(18)19-10-11-4-2-1-3-5-11;8-7-2-1-6(10(11)12)3-5(7)4-9;8-4-5-3-6(9(10)11)1-2-7(5)14(12)13;8-4-5-3-6(9)1-2-7(5)12(10)11;8-4-5-3-6(9(10)11)1-2-7(5)12;2*8-4-5-3-6(9)1-2-7(5)10;2-1-3;;;;;;;;;;;;;/h1-8,20H,9-10,16H2,(H,17,18);1-3H;1-3H,(H,12,13);1-3H,9H2,(H,10,11);1-3,12H;1-3,10H,4,8-9H2;1-3,10H,9H2;1H2;7*1H4;;;;;;/q;;;;;;;;;;;;;;;6*+1/p-6. The molecule has 0 saturated carbocycles. The van der Waals surface area contributed by atoms with Crippen molar-refractivity contribution in [2.45, 2.75) is 101 Å². The van der Waals surface area contributed by atoms with Gasteiger partial charge in [0.2, 0.25) is 0 Å². The van der Waals surface area contributed by atoms with Gasteiger partial charge >= 0.3 is 355 Å². The summed E-state index contributed by atoms with van der Waals surface area (Å²) in [4.78, 5) is 42.4. The first kappa shape index (κ1) is 135. The Kier molecular flexibility index (Phi) is 99.4. The molecule has 0 saturated heterocycles. The van der Waals surface area contributed by atoms with Crippen LogP contribution in [0.4, 0.5) is 49.0 Å². The van der Waals surface area contributed by atoms with Crippen LogP contribution in [0.15, 0.2) is 187 Å². The predicted octanol–water partition coefficient (Wildman–Crippen LogP) is -3.76. The van der Waals surface area contributed by atoms with Gasteiger partial charge in [0.15, 0.2) is 0 Å². The Balaban J connectivity index is -0.0000000851. The van der Waals surface area contributed by atoms with Crippen molar-refractivity contribution in [2.24, 2.45) is 5.73 Å². The Morgan fingerprint density at radius 2 is 0.774 bits per heavy atom. The molecule has 8 aromatic rings. The molecule has 0 heterocycles. The van der Waals surface area contributed by atoms with Gasteiger partial charge in [-0.25, -0.2) is 9.18 Å². The summed E-state index contributed by atoms with van der Waals surface area (Å²) in [6.07, 6.45) is -0.481. The number of nitrogen functional groups attached to an aromatic ring is 4. The van der Waals surface area contributed by atoms with E-state index in [1.165, 1.54) is 42.5 Å². The Labute approximate surface area is 950 Å². The monoisotopic (exact) mass is 2030 g/mol. The molecule has 2 atom stereocenters. The molecule has 0 radical (unpaired) electrons. The second-order valence-corrected chi connectivity index (χ2v) is 21.2. The minimum atomic E-state index is -2.56. The fraction of sp³-hybridized carbons (Fsp3) is 0.169. The number of nitrogens with one attached hydrogen (secondary N) is 1. The van der Waals surface area contributed by atoms with Gasteiger partial charge in [-0.15, -0.1) is 23.2 Å². The zero-order valence-electron chi connectivity index (χ0n) is 53.3. The average Bonchev–Trinajstić information content (AvgIpc) is 0.846. The van der Waals surface area contributed by atoms with E-state index < -0.39 is 48.8 Å². The van der Waals surface area contributed by atoms with Crippen molar-refractivity contribution < 1.29 is 395 Å². The van der Waals surface area contributed by atoms with Crippen LogP contribution < -0.4 is 383 Å². The van der Waals surface area contributed by atoms with Crippen LogP contribution in [-0.4, -0.2) is 43.7 Å². The minimum absolute atomic E-state index is 0. The van der Waals surface area contributed by atoms with Gasteiger partial charge in [0.1, 0.15) is 30.6 Å². The number of nitro benzene ring substituents is 3. The summed E-state index contributed by atoms with van der Waals surface area (Å²) in [7, 11) is 0. The van der Waals surface area contributed by atoms with Crippen LogP contribution >= 0.6 is 23.2 Å². The number of hydrogen-bond donors (Lipinski definition) is 6. The fourth-order valence-electron chi connectivity index (χ4n) is 6.15. The number of halogens is 3. The number of nitro groups is 3. The molecular formula is C65H73Cl2FN14O12Rb6S6.